The molecule has 0 saturated carbocycles. The Kier molecular flexibility index (Phi) is 9.57. The third-order valence-electron chi connectivity index (χ3n) is 6.82. The number of carbonyl (C=O) groups excluding carboxylic acids is 2. The highest BCUT2D eigenvalue weighted by Gasteiger charge is 2.34. The number of carbonyl (C=O) groups is 2. The van der Waals surface area contributed by atoms with Gasteiger partial charge in [-0.25, -0.2) is 8.42 Å². The summed E-state index contributed by atoms with van der Waals surface area (Å²) in [5.41, 5.74) is 3.84. The van der Waals surface area contributed by atoms with Crippen molar-refractivity contribution < 1.29 is 18.0 Å². The lowest BCUT2D eigenvalue weighted by molar-refractivity contribution is -0.139. The highest BCUT2D eigenvalue weighted by Crippen LogP contribution is 2.27. The second kappa shape index (κ2) is 13.3. The van der Waals surface area contributed by atoms with Crippen LogP contribution < -0.4 is 9.62 Å². The van der Waals surface area contributed by atoms with E-state index in [0.717, 1.165) is 26.6 Å². The van der Waals surface area contributed by atoms with Crippen molar-refractivity contribution in [3.8, 4) is 0 Å². The van der Waals surface area contributed by atoms with Crippen LogP contribution in [-0.2, 0) is 32.6 Å². The third kappa shape index (κ3) is 7.41. The van der Waals surface area contributed by atoms with E-state index >= 15 is 0 Å². The lowest BCUT2D eigenvalue weighted by Gasteiger charge is -2.33. The summed E-state index contributed by atoms with van der Waals surface area (Å²) in [5.74, 6) is -0.820. The molecule has 4 aromatic rings. The molecular formula is C33H35N3O4S. The molecule has 41 heavy (non-hydrogen) atoms. The highest BCUT2D eigenvalue weighted by molar-refractivity contribution is 7.92. The van der Waals surface area contributed by atoms with Crippen LogP contribution in [-0.4, -0.2) is 44.8 Å². The highest BCUT2D eigenvalue weighted by atomic mass is 32.2. The Morgan fingerprint density at radius 1 is 0.756 bits per heavy atom. The van der Waals surface area contributed by atoms with E-state index < -0.39 is 28.5 Å². The molecule has 0 unspecified atom stereocenters. The van der Waals surface area contributed by atoms with Crippen molar-refractivity contribution in [3.05, 3.63) is 131 Å². The van der Waals surface area contributed by atoms with E-state index in [2.05, 4.69) is 5.32 Å². The smallest absolute Gasteiger partial charge is 0.264 e. The first kappa shape index (κ1) is 29.6. The summed E-state index contributed by atoms with van der Waals surface area (Å²) in [6, 6.07) is 31.5. The number of rotatable bonds is 11. The first-order valence-electron chi connectivity index (χ1n) is 13.4. The predicted octanol–water partition coefficient (Wildman–Crippen LogP) is 4.88. The van der Waals surface area contributed by atoms with E-state index in [1.54, 1.807) is 30.3 Å². The minimum Gasteiger partial charge on any atom is -0.357 e. The lowest BCUT2D eigenvalue weighted by atomic mass is 10.0. The number of amides is 2. The normalized spacial score (nSPS) is 11.9. The van der Waals surface area contributed by atoms with Gasteiger partial charge in [0.1, 0.15) is 12.6 Å². The molecule has 0 fully saturated rings. The predicted molar refractivity (Wildman–Crippen MR) is 162 cm³/mol. The van der Waals surface area contributed by atoms with Crippen molar-refractivity contribution in [1.29, 1.82) is 0 Å². The summed E-state index contributed by atoms with van der Waals surface area (Å²) in [7, 11) is -2.58. The Hall–Kier alpha value is -4.43. The van der Waals surface area contributed by atoms with Gasteiger partial charge in [0.05, 0.1) is 10.6 Å². The molecule has 4 aromatic carbocycles. The molecule has 0 aromatic heterocycles. The Labute approximate surface area is 242 Å². The zero-order valence-electron chi connectivity index (χ0n) is 23.5. The first-order chi connectivity index (χ1) is 19.7. The molecule has 212 valence electrons. The van der Waals surface area contributed by atoms with Crippen LogP contribution in [0.5, 0.6) is 0 Å². The Bertz CT molecular complexity index is 1560. The van der Waals surface area contributed by atoms with Crippen molar-refractivity contribution in [2.75, 3.05) is 17.9 Å². The number of nitrogens with one attached hydrogen (secondary N) is 1. The second-order valence-electron chi connectivity index (χ2n) is 10.00. The van der Waals surface area contributed by atoms with Crippen LogP contribution in [0.1, 0.15) is 22.3 Å². The van der Waals surface area contributed by atoms with Crippen molar-refractivity contribution in [3.63, 3.8) is 0 Å². The molecule has 2 amide bonds. The third-order valence-corrected chi connectivity index (χ3v) is 8.61. The Morgan fingerprint density at radius 2 is 1.27 bits per heavy atom. The molecule has 0 aliphatic carbocycles. The molecule has 0 spiro atoms. The van der Waals surface area contributed by atoms with Gasteiger partial charge in [-0.3, -0.25) is 13.9 Å². The SMILES string of the molecule is CNC(=O)[C@@H](Cc1ccccc1)N(Cc1ccccc1)C(=O)CN(c1cc(C)cc(C)c1)S(=O)(=O)c1ccccc1. The quantitative estimate of drug-likeness (QED) is 0.279. The second-order valence-corrected chi connectivity index (χ2v) is 11.9. The average molecular weight is 570 g/mol. The molecular weight excluding hydrogens is 534 g/mol. The van der Waals surface area contributed by atoms with Crippen molar-refractivity contribution in [2.24, 2.45) is 0 Å². The maximum Gasteiger partial charge on any atom is 0.264 e. The zero-order chi connectivity index (χ0) is 29.4. The molecule has 0 saturated heterocycles. The number of sulfonamides is 1. The van der Waals surface area contributed by atoms with Crippen LogP contribution in [0.4, 0.5) is 5.69 Å². The molecule has 7 nitrogen and oxygen atoms in total. The van der Waals surface area contributed by atoms with Gasteiger partial charge in [0.2, 0.25) is 11.8 Å². The van der Waals surface area contributed by atoms with Crippen LogP contribution in [0.15, 0.2) is 114 Å². The summed E-state index contributed by atoms with van der Waals surface area (Å²) in [4.78, 5) is 29.1. The van der Waals surface area contributed by atoms with E-state index in [-0.39, 0.29) is 23.8 Å². The van der Waals surface area contributed by atoms with Crippen LogP contribution >= 0.6 is 0 Å². The molecule has 0 aliphatic rings. The van der Waals surface area contributed by atoms with Gasteiger partial charge >= 0.3 is 0 Å². The number of benzene rings is 4. The van der Waals surface area contributed by atoms with E-state index in [1.807, 2.05) is 80.6 Å². The first-order valence-corrected chi connectivity index (χ1v) is 14.9. The summed E-state index contributed by atoms with van der Waals surface area (Å²) in [6.45, 7) is 3.43. The molecule has 0 radical (unpaired) electrons. The van der Waals surface area contributed by atoms with E-state index in [0.29, 0.717) is 5.69 Å². The van der Waals surface area contributed by atoms with Gasteiger partial charge in [0.15, 0.2) is 0 Å². The summed E-state index contributed by atoms with van der Waals surface area (Å²) < 4.78 is 29.1. The fourth-order valence-corrected chi connectivity index (χ4v) is 6.26. The van der Waals surface area contributed by atoms with Gasteiger partial charge in [-0.1, -0.05) is 84.9 Å². The molecule has 1 N–H and O–H groups in total. The largest absolute Gasteiger partial charge is 0.357 e. The van der Waals surface area contributed by atoms with Crippen LogP contribution in [0.3, 0.4) is 0 Å². The number of hydrogen-bond acceptors (Lipinski definition) is 4. The maximum absolute atomic E-state index is 14.3. The van der Waals surface area contributed by atoms with Crippen LogP contribution in [0.25, 0.3) is 0 Å². The monoisotopic (exact) mass is 569 g/mol. The van der Waals surface area contributed by atoms with Crippen LogP contribution in [0, 0.1) is 13.8 Å². The summed E-state index contributed by atoms with van der Waals surface area (Å²) in [6.07, 6.45) is 0.272. The Balaban J connectivity index is 1.79. The topological polar surface area (TPSA) is 86.8 Å². The van der Waals surface area contributed by atoms with Crippen molar-refractivity contribution >= 4 is 27.5 Å². The van der Waals surface area contributed by atoms with E-state index in [1.165, 1.54) is 24.1 Å². The fraction of sp³-hybridized carbons (Fsp3) is 0.212. The Morgan fingerprint density at radius 3 is 1.80 bits per heavy atom. The van der Waals surface area contributed by atoms with Crippen LogP contribution in [0.2, 0.25) is 0 Å². The van der Waals surface area contributed by atoms with Gasteiger partial charge in [-0.05, 0) is 60.4 Å². The zero-order valence-corrected chi connectivity index (χ0v) is 24.3. The van der Waals surface area contributed by atoms with Crippen molar-refractivity contribution in [2.45, 2.75) is 37.8 Å². The number of nitrogens with zero attached hydrogens (tertiary/aromatic N) is 2. The number of hydrogen-bond donors (Lipinski definition) is 1. The van der Waals surface area contributed by atoms with Gasteiger partial charge in [0, 0.05) is 20.0 Å². The molecule has 8 heteroatoms. The minimum absolute atomic E-state index is 0.0775. The van der Waals surface area contributed by atoms with Gasteiger partial charge < -0.3 is 10.2 Å². The lowest BCUT2D eigenvalue weighted by Crippen LogP contribution is -2.53. The standard InChI is InChI=1S/C33H35N3O4S/c1-25-19-26(2)21-29(20-25)36(41(39,40)30-17-11-6-12-18-30)24-32(37)35(23-28-15-9-5-10-16-28)31(33(38)34-3)22-27-13-7-4-8-14-27/h4-21,31H,22-24H2,1-3H3,(H,34,38)/t31-/m1/s1. The summed E-state index contributed by atoms with van der Waals surface area (Å²) >= 11 is 0. The van der Waals surface area contributed by atoms with Gasteiger partial charge in [-0.2, -0.15) is 0 Å². The number of anilines is 1. The van der Waals surface area contributed by atoms with Gasteiger partial charge in [-0.15, -0.1) is 0 Å². The van der Waals surface area contributed by atoms with Gasteiger partial charge in [0.25, 0.3) is 10.0 Å². The molecule has 0 aliphatic heterocycles. The van der Waals surface area contributed by atoms with E-state index in [9.17, 15) is 18.0 Å². The van der Waals surface area contributed by atoms with E-state index in [4.69, 9.17) is 0 Å². The minimum atomic E-state index is -4.11. The number of likely N-dealkylation sites (N-methyl/N-ethyl adjacent to an activating group) is 1. The molecule has 0 bridgehead atoms. The van der Waals surface area contributed by atoms with Crippen molar-refractivity contribution in [1.82, 2.24) is 10.2 Å². The number of aryl methyl sites for hydroxylation is 2. The fourth-order valence-electron chi connectivity index (χ4n) is 4.84. The molecule has 0 heterocycles. The molecule has 4 rings (SSSR count). The summed E-state index contributed by atoms with van der Waals surface area (Å²) in [5, 5.41) is 2.70. The maximum atomic E-state index is 14.3. The molecule has 1 atom stereocenters. The average Bonchev–Trinajstić information content (AvgIpc) is 2.98.